The molecule has 0 radical (unpaired) electrons. The van der Waals surface area contributed by atoms with Crippen molar-refractivity contribution in [1.29, 1.82) is 0 Å². The molecule has 0 fully saturated rings. The second kappa shape index (κ2) is 7.61. The van der Waals surface area contributed by atoms with E-state index in [0.717, 1.165) is 18.9 Å². The van der Waals surface area contributed by atoms with Crippen LogP contribution in [0.25, 0.3) is 0 Å². The first-order chi connectivity index (χ1) is 6.95. The lowest BCUT2D eigenvalue weighted by atomic mass is 9.91. The summed E-state index contributed by atoms with van der Waals surface area (Å²) in [7, 11) is 0. The van der Waals surface area contributed by atoms with E-state index in [4.69, 9.17) is 0 Å². The summed E-state index contributed by atoms with van der Waals surface area (Å²) in [5, 5.41) is 6.58. The molecule has 0 aliphatic carbocycles. The van der Waals surface area contributed by atoms with Crippen LogP contribution in [0.4, 0.5) is 0 Å². The predicted octanol–water partition coefficient (Wildman–Crippen LogP) is 3.26. The van der Waals surface area contributed by atoms with Crippen LogP contribution in [0.1, 0.15) is 53.4 Å². The molecule has 0 amide bonds. The van der Waals surface area contributed by atoms with Gasteiger partial charge in [0, 0.05) is 13.1 Å². The van der Waals surface area contributed by atoms with Crippen molar-refractivity contribution in [3.8, 4) is 0 Å². The topological polar surface area (TPSA) is 24.1 Å². The summed E-state index contributed by atoms with van der Waals surface area (Å²) >= 11 is 0. The second-order valence-electron chi connectivity index (χ2n) is 5.35. The lowest BCUT2D eigenvalue weighted by Gasteiger charge is -2.18. The van der Waals surface area contributed by atoms with E-state index in [-0.39, 0.29) is 0 Å². The van der Waals surface area contributed by atoms with Gasteiger partial charge in [-0.2, -0.15) is 0 Å². The third kappa shape index (κ3) is 11.3. The summed E-state index contributed by atoms with van der Waals surface area (Å²) in [6, 6.07) is 0. The molecule has 0 aliphatic heterocycles. The fourth-order valence-electron chi connectivity index (χ4n) is 1.34. The molecule has 0 aliphatic rings. The highest BCUT2D eigenvalue weighted by Gasteiger charge is 2.08. The highest BCUT2D eigenvalue weighted by Crippen LogP contribution is 2.19. The van der Waals surface area contributed by atoms with Crippen LogP contribution in [0.15, 0.2) is 12.4 Å². The van der Waals surface area contributed by atoms with Gasteiger partial charge < -0.3 is 10.6 Å². The highest BCUT2D eigenvalue weighted by molar-refractivity contribution is 4.87. The standard InChI is InChI=1S/C13H28N2/c1-6-7-10-14-12(2)15-11-8-9-13(3,4)5/h14-15H,2,6-11H2,1,3-5H3. The Morgan fingerprint density at radius 3 is 2.07 bits per heavy atom. The van der Waals surface area contributed by atoms with E-state index in [1.54, 1.807) is 0 Å². The third-order valence-electron chi connectivity index (χ3n) is 2.31. The van der Waals surface area contributed by atoms with Crippen LogP contribution in [0.5, 0.6) is 0 Å². The number of hydrogen-bond donors (Lipinski definition) is 2. The molecule has 0 saturated heterocycles. The number of unbranched alkanes of at least 4 members (excludes halogenated alkanes) is 1. The van der Waals surface area contributed by atoms with E-state index in [0.29, 0.717) is 5.41 Å². The van der Waals surface area contributed by atoms with Gasteiger partial charge in [0.2, 0.25) is 0 Å². The highest BCUT2D eigenvalue weighted by atomic mass is 15.1. The summed E-state index contributed by atoms with van der Waals surface area (Å²) in [6.07, 6.45) is 4.90. The van der Waals surface area contributed by atoms with Gasteiger partial charge in [-0.25, -0.2) is 0 Å². The van der Waals surface area contributed by atoms with E-state index >= 15 is 0 Å². The number of hydrogen-bond acceptors (Lipinski definition) is 2. The first-order valence-electron chi connectivity index (χ1n) is 6.12. The molecule has 0 aromatic carbocycles. The average Bonchev–Trinajstić information content (AvgIpc) is 2.11. The summed E-state index contributed by atoms with van der Waals surface area (Å²) < 4.78 is 0. The SMILES string of the molecule is C=C(NCCCC)NCCCC(C)(C)C. The molecular formula is C13H28N2. The van der Waals surface area contributed by atoms with E-state index in [9.17, 15) is 0 Å². The molecule has 0 aromatic heterocycles. The van der Waals surface area contributed by atoms with Crippen molar-refractivity contribution in [3.05, 3.63) is 12.4 Å². The van der Waals surface area contributed by atoms with Crippen molar-refractivity contribution in [3.63, 3.8) is 0 Å². The van der Waals surface area contributed by atoms with Crippen molar-refractivity contribution in [2.45, 2.75) is 53.4 Å². The van der Waals surface area contributed by atoms with Crippen molar-refractivity contribution in [2.75, 3.05) is 13.1 Å². The molecule has 0 saturated carbocycles. The Hall–Kier alpha value is -0.660. The fourth-order valence-corrected chi connectivity index (χ4v) is 1.34. The number of nitrogens with one attached hydrogen (secondary N) is 2. The van der Waals surface area contributed by atoms with Crippen molar-refractivity contribution in [1.82, 2.24) is 10.6 Å². The monoisotopic (exact) mass is 212 g/mol. The summed E-state index contributed by atoms with van der Waals surface area (Å²) in [4.78, 5) is 0. The predicted molar refractivity (Wildman–Crippen MR) is 68.7 cm³/mol. The molecule has 0 aromatic rings. The maximum Gasteiger partial charge on any atom is 0.0912 e. The second-order valence-corrected chi connectivity index (χ2v) is 5.35. The average molecular weight is 212 g/mol. The van der Waals surface area contributed by atoms with Crippen LogP contribution in [-0.2, 0) is 0 Å². The van der Waals surface area contributed by atoms with Gasteiger partial charge in [-0.1, -0.05) is 40.7 Å². The Balaban J connectivity index is 3.32. The molecule has 0 spiro atoms. The zero-order valence-corrected chi connectivity index (χ0v) is 10.9. The quantitative estimate of drug-likeness (QED) is 0.603. The molecule has 0 bridgehead atoms. The van der Waals surface area contributed by atoms with Crippen molar-refractivity contribution < 1.29 is 0 Å². The van der Waals surface area contributed by atoms with Gasteiger partial charge in [0.1, 0.15) is 0 Å². The van der Waals surface area contributed by atoms with Gasteiger partial charge in [0.05, 0.1) is 5.82 Å². The van der Waals surface area contributed by atoms with Crippen LogP contribution >= 0.6 is 0 Å². The summed E-state index contributed by atoms with van der Waals surface area (Å²) in [5.41, 5.74) is 0.443. The minimum absolute atomic E-state index is 0.443. The Labute approximate surface area is 95.5 Å². The molecular weight excluding hydrogens is 184 g/mol. The normalized spacial score (nSPS) is 11.2. The van der Waals surface area contributed by atoms with Gasteiger partial charge in [0.25, 0.3) is 0 Å². The van der Waals surface area contributed by atoms with E-state index in [1.165, 1.54) is 25.7 Å². The van der Waals surface area contributed by atoms with Crippen molar-refractivity contribution in [2.24, 2.45) is 5.41 Å². The maximum absolute atomic E-state index is 3.94. The largest absolute Gasteiger partial charge is 0.372 e. The summed E-state index contributed by atoms with van der Waals surface area (Å²) in [5.74, 6) is 0.970. The molecule has 0 heterocycles. The van der Waals surface area contributed by atoms with Gasteiger partial charge in [0.15, 0.2) is 0 Å². The van der Waals surface area contributed by atoms with E-state index in [1.807, 2.05) is 0 Å². The van der Waals surface area contributed by atoms with Gasteiger partial charge >= 0.3 is 0 Å². The Morgan fingerprint density at radius 2 is 1.60 bits per heavy atom. The Kier molecular flexibility index (Phi) is 7.27. The zero-order valence-electron chi connectivity index (χ0n) is 10.9. The van der Waals surface area contributed by atoms with Crippen LogP contribution in [0.3, 0.4) is 0 Å². The Bertz CT molecular complexity index is 168. The zero-order chi connectivity index (χ0) is 11.7. The first-order valence-corrected chi connectivity index (χ1v) is 6.12. The lowest BCUT2D eigenvalue weighted by Crippen LogP contribution is -2.27. The van der Waals surface area contributed by atoms with Gasteiger partial charge in [-0.05, 0) is 24.7 Å². The van der Waals surface area contributed by atoms with Crippen LogP contribution < -0.4 is 10.6 Å². The van der Waals surface area contributed by atoms with Crippen LogP contribution in [0.2, 0.25) is 0 Å². The maximum atomic E-state index is 3.94. The van der Waals surface area contributed by atoms with Crippen LogP contribution in [0, 0.1) is 5.41 Å². The van der Waals surface area contributed by atoms with Crippen LogP contribution in [-0.4, -0.2) is 13.1 Å². The molecule has 0 atom stereocenters. The molecule has 2 nitrogen and oxygen atoms in total. The molecule has 15 heavy (non-hydrogen) atoms. The van der Waals surface area contributed by atoms with E-state index in [2.05, 4.69) is 44.9 Å². The Morgan fingerprint density at radius 1 is 1.07 bits per heavy atom. The molecule has 0 rings (SSSR count). The number of rotatable bonds is 8. The van der Waals surface area contributed by atoms with E-state index < -0.39 is 0 Å². The minimum Gasteiger partial charge on any atom is -0.372 e. The molecule has 90 valence electrons. The molecule has 2 heteroatoms. The summed E-state index contributed by atoms with van der Waals surface area (Å²) in [6.45, 7) is 15.0. The lowest BCUT2D eigenvalue weighted by molar-refractivity contribution is 0.363. The first kappa shape index (κ1) is 14.3. The fraction of sp³-hybridized carbons (Fsp3) is 0.846. The van der Waals surface area contributed by atoms with Crippen molar-refractivity contribution >= 4 is 0 Å². The molecule has 0 unspecified atom stereocenters. The van der Waals surface area contributed by atoms with Gasteiger partial charge in [-0.15, -0.1) is 0 Å². The van der Waals surface area contributed by atoms with Gasteiger partial charge in [-0.3, -0.25) is 0 Å². The minimum atomic E-state index is 0.443. The smallest absolute Gasteiger partial charge is 0.0912 e. The molecule has 2 N–H and O–H groups in total. The third-order valence-corrected chi connectivity index (χ3v) is 2.31.